The van der Waals surface area contributed by atoms with Crippen LogP contribution in [0.3, 0.4) is 0 Å². The highest BCUT2D eigenvalue weighted by atomic mass is 19.4. The number of carbonyl (C=O) groups is 1. The van der Waals surface area contributed by atoms with Gasteiger partial charge in [0, 0.05) is 30.6 Å². The summed E-state index contributed by atoms with van der Waals surface area (Å²) in [5, 5.41) is 43.8. The minimum atomic E-state index is -4.82. The number of hydrogen-bond donors (Lipinski definition) is 4. The second-order valence-electron chi connectivity index (χ2n) is 14.0. The van der Waals surface area contributed by atoms with Crippen molar-refractivity contribution in [2.75, 3.05) is 19.7 Å². The van der Waals surface area contributed by atoms with Crippen LogP contribution in [0.5, 0.6) is 5.75 Å². The van der Waals surface area contributed by atoms with Crippen molar-refractivity contribution < 1.29 is 47.5 Å². The van der Waals surface area contributed by atoms with Crippen LogP contribution < -0.4 is 4.74 Å². The SMILES string of the molecule is CC1=CCC[C@@]2(C)[C@@H](CC[C@@]2(O)CN(Cc2ccc(OC(F)(F)F)cc2)C[C@H](O)CO)c2ccc(cc2C(=O)c2ccco2)C[C@@H](O)CC1. The Morgan fingerprint density at radius 1 is 1.12 bits per heavy atom. The van der Waals surface area contributed by atoms with E-state index < -0.39 is 36.2 Å². The molecule has 6 rings (SSSR count). The second kappa shape index (κ2) is 15.2. The first-order chi connectivity index (χ1) is 23.2. The monoisotopic (exact) mass is 685 g/mol. The molecule has 8 nitrogen and oxygen atoms in total. The van der Waals surface area contributed by atoms with Crippen molar-refractivity contribution in [1.29, 1.82) is 0 Å². The van der Waals surface area contributed by atoms with Gasteiger partial charge >= 0.3 is 6.36 Å². The number of fused-ring (bicyclic) bond motifs is 8. The van der Waals surface area contributed by atoms with E-state index in [1.165, 1.54) is 30.5 Å². The molecule has 266 valence electrons. The first-order valence-corrected chi connectivity index (χ1v) is 16.8. The summed E-state index contributed by atoms with van der Waals surface area (Å²) in [4.78, 5) is 15.7. The van der Waals surface area contributed by atoms with Crippen LogP contribution in [0.15, 0.2) is 76.9 Å². The molecule has 1 heterocycles. The lowest BCUT2D eigenvalue weighted by Crippen LogP contribution is -2.53. The molecule has 0 spiro atoms. The smallest absolute Gasteiger partial charge is 0.461 e. The maximum Gasteiger partial charge on any atom is 0.573 e. The van der Waals surface area contributed by atoms with E-state index in [-0.39, 0.29) is 42.8 Å². The van der Waals surface area contributed by atoms with Crippen LogP contribution >= 0.6 is 0 Å². The van der Waals surface area contributed by atoms with Crippen LogP contribution in [-0.2, 0) is 13.0 Å². The van der Waals surface area contributed by atoms with Gasteiger partial charge in [0.25, 0.3) is 0 Å². The molecule has 1 aromatic heterocycles. The number of allylic oxidation sites excluding steroid dienone is 2. The predicted molar refractivity (Wildman–Crippen MR) is 177 cm³/mol. The Balaban J connectivity index is 1.52. The number of nitrogens with zero attached hydrogens (tertiary/aromatic N) is 1. The summed E-state index contributed by atoms with van der Waals surface area (Å²) in [6.45, 7) is 3.88. The van der Waals surface area contributed by atoms with Gasteiger partial charge in [-0.25, -0.2) is 0 Å². The molecule has 2 aromatic carbocycles. The second-order valence-corrected chi connectivity index (χ2v) is 14.0. The van der Waals surface area contributed by atoms with E-state index in [1.807, 2.05) is 36.9 Å². The molecular formula is C38H46F3NO7. The first kappa shape index (κ1) is 36.8. The highest BCUT2D eigenvalue weighted by Gasteiger charge is 2.57. The zero-order valence-electron chi connectivity index (χ0n) is 28.0. The van der Waals surface area contributed by atoms with Crippen LogP contribution in [0.25, 0.3) is 0 Å². The van der Waals surface area contributed by atoms with Crippen molar-refractivity contribution in [3.63, 3.8) is 0 Å². The van der Waals surface area contributed by atoms with Gasteiger partial charge in [-0.3, -0.25) is 9.69 Å². The number of halogens is 3. The molecule has 0 radical (unpaired) electrons. The maximum absolute atomic E-state index is 13.9. The molecule has 3 aliphatic carbocycles. The lowest BCUT2D eigenvalue weighted by molar-refractivity contribution is -0.274. The van der Waals surface area contributed by atoms with Crippen LogP contribution in [0.4, 0.5) is 13.2 Å². The largest absolute Gasteiger partial charge is 0.573 e. The fraction of sp³-hybridized carbons (Fsp3) is 0.500. The zero-order valence-corrected chi connectivity index (χ0v) is 28.0. The van der Waals surface area contributed by atoms with Crippen molar-refractivity contribution >= 4 is 5.78 Å². The van der Waals surface area contributed by atoms with E-state index in [2.05, 4.69) is 10.8 Å². The van der Waals surface area contributed by atoms with Gasteiger partial charge < -0.3 is 29.6 Å². The molecule has 0 aliphatic heterocycles. The number of carbonyl (C=O) groups excluding carboxylic acids is 1. The average Bonchev–Trinajstić information content (AvgIpc) is 3.67. The normalized spacial score (nSPS) is 25.5. The van der Waals surface area contributed by atoms with Crippen LogP contribution in [-0.4, -0.2) is 75.0 Å². The standard InChI is InChI=1S/C38H46F3NO7/c1-25-5-3-16-36(2)33(31-14-10-27(19-28(44)11-7-25)20-32(31)35(46)34-6-4-18-48-34)15-17-37(36,47)24-42(22-29(45)23-43)21-26-8-12-30(13-9-26)49-38(39,40)41/h4-6,8-10,12-14,18,20,28-29,33,43-45,47H,3,7,11,15-17,19,21-24H2,1-2H3/t28-,29-,33-,36-,37+/m0/s1. The van der Waals surface area contributed by atoms with Gasteiger partial charge in [-0.1, -0.05) is 42.8 Å². The summed E-state index contributed by atoms with van der Waals surface area (Å²) in [6, 6.07) is 14.4. The number of alkyl halides is 3. The Kier molecular flexibility index (Phi) is 11.4. The van der Waals surface area contributed by atoms with E-state index in [9.17, 15) is 38.4 Å². The van der Waals surface area contributed by atoms with Gasteiger partial charge in [-0.2, -0.15) is 0 Å². The van der Waals surface area contributed by atoms with Crippen molar-refractivity contribution in [2.45, 2.75) is 95.4 Å². The number of furan rings is 1. The summed E-state index contributed by atoms with van der Waals surface area (Å²) in [5.41, 5.74) is 1.79. The molecule has 11 heteroatoms. The van der Waals surface area contributed by atoms with E-state index in [0.717, 1.165) is 16.7 Å². The molecule has 0 saturated heterocycles. The summed E-state index contributed by atoms with van der Waals surface area (Å²) in [5.74, 6) is -0.677. The molecular weight excluding hydrogens is 639 g/mol. The highest BCUT2D eigenvalue weighted by molar-refractivity contribution is 6.08. The molecule has 2 bridgehead atoms. The molecule has 5 atom stereocenters. The van der Waals surface area contributed by atoms with Crippen molar-refractivity contribution in [3.8, 4) is 5.75 Å². The minimum absolute atomic E-state index is 0.0125. The third kappa shape index (κ3) is 8.82. The quantitative estimate of drug-likeness (QED) is 0.145. The summed E-state index contributed by atoms with van der Waals surface area (Å²) >= 11 is 0. The van der Waals surface area contributed by atoms with Gasteiger partial charge in [-0.05, 0) is 105 Å². The van der Waals surface area contributed by atoms with Crippen LogP contribution in [0, 0.1) is 5.41 Å². The van der Waals surface area contributed by atoms with Gasteiger partial charge in [-0.15, -0.1) is 13.2 Å². The molecule has 3 aliphatic rings. The van der Waals surface area contributed by atoms with Crippen molar-refractivity contribution in [3.05, 3.63) is 101 Å². The Morgan fingerprint density at radius 3 is 2.55 bits per heavy atom. The molecule has 0 amide bonds. The Bertz CT molecular complexity index is 1590. The topological polar surface area (TPSA) is 124 Å². The summed E-state index contributed by atoms with van der Waals surface area (Å²) in [7, 11) is 0. The van der Waals surface area contributed by atoms with Gasteiger partial charge in [0.1, 0.15) is 5.75 Å². The first-order valence-electron chi connectivity index (χ1n) is 16.8. The van der Waals surface area contributed by atoms with Crippen molar-refractivity contribution in [1.82, 2.24) is 4.90 Å². The number of benzene rings is 2. The fourth-order valence-electron chi connectivity index (χ4n) is 7.70. The summed E-state index contributed by atoms with van der Waals surface area (Å²) in [6.07, 6.45) is 0.939. The van der Waals surface area contributed by atoms with E-state index in [1.54, 1.807) is 12.1 Å². The Morgan fingerprint density at radius 2 is 1.88 bits per heavy atom. The fourth-order valence-corrected chi connectivity index (χ4v) is 7.70. The predicted octanol–water partition coefficient (Wildman–Crippen LogP) is 6.30. The van der Waals surface area contributed by atoms with E-state index in [0.29, 0.717) is 56.1 Å². The van der Waals surface area contributed by atoms with Gasteiger partial charge in [0.05, 0.1) is 30.7 Å². The lowest BCUT2D eigenvalue weighted by Gasteiger charge is -2.46. The molecule has 1 fully saturated rings. The highest BCUT2D eigenvalue weighted by Crippen LogP contribution is 2.59. The maximum atomic E-state index is 13.9. The molecule has 49 heavy (non-hydrogen) atoms. The number of ether oxygens (including phenoxy) is 1. The number of aliphatic hydroxyl groups is 4. The Hall–Kier alpha value is -3.48. The number of ketones is 1. The van der Waals surface area contributed by atoms with Crippen LogP contribution in [0.2, 0.25) is 0 Å². The molecule has 0 unspecified atom stereocenters. The van der Waals surface area contributed by atoms with Gasteiger partial charge in [0.15, 0.2) is 5.76 Å². The third-order valence-electron chi connectivity index (χ3n) is 10.4. The van der Waals surface area contributed by atoms with Gasteiger partial charge in [0.2, 0.25) is 5.78 Å². The lowest BCUT2D eigenvalue weighted by atomic mass is 9.64. The van der Waals surface area contributed by atoms with Crippen molar-refractivity contribution in [2.24, 2.45) is 5.41 Å². The molecule has 4 N–H and O–H groups in total. The molecule has 3 aromatic rings. The average molecular weight is 686 g/mol. The molecule has 1 saturated carbocycles. The number of rotatable bonds is 10. The minimum Gasteiger partial charge on any atom is -0.461 e. The zero-order chi connectivity index (χ0) is 35.4. The number of aliphatic hydroxyl groups excluding tert-OH is 3. The number of hydrogen-bond acceptors (Lipinski definition) is 8. The summed E-state index contributed by atoms with van der Waals surface area (Å²) < 4.78 is 47.7. The van der Waals surface area contributed by atoms with Crippen LogP contribution in [0.1, 0.15) is 91.1 Å². The Labute approximate surface area is 284 Å². The van der Waals surface area contributed by atoms with E-state index >= 15 is 0 Å². The third-order valence-corrected chi connectivity index (χ3v) is 10.4. The van der Waals surface area contributed by atoms with E-state index in [4.69, 9.17) is 4.42 Å².